The molecular formula is C21H24N6OS. The standard InChI is InChI=1S/C21H24N6OS/c1-14-3-8-20(28)27(13-14)17-6-7-19(22-10-17)25-15-4-5-16(9-15)26-21-23-11-18(29-2)12-24-21/h3,6-8,10-13,15-16H,4-5,9H2,1-2H3,(H,22,25)(H,23,24,26)/t15-,16-/m0/s1. The van der Waals surface area contributed by atoms with Crippen LogP contribution in [0, 0.1) is 6.92 Å². The number of thioether (sulfide) groups is 1. The number of anilines is 2. The Kier molecular flexibility index (Phi) is 5.80. The van der Waals surface area contributed by atoms with Crippen LogP contribution in [0.5, 0.6) is 0 Å². The highest BCUT2D eigenvalue weighted by atomic mass is 32.2. The van der Waals surface area contributed by atoms with Crippen molar-refractivity contribution in [2.24, 2.45) is 0 Å². The van der Waals surface area contributed by atoms with Crippen LogP contribution in [0.2, 0.25) is 0 Å². The normalized spacial score (nSPS) is 18.6. The third kappa shape index (κ3) is 4.76. The van der Waals surface area contributed by atoms with Gasteiger partial charge in [-0.1, -0.05) is 6.07 Å². The lowest BCUT2D eigenvalue weighted by Gasteiger charge is -2.15. The van der Waals surface area contributed by atoms with Gasteiger partial charge < -0.3 is 10.6 Å². The molecule has 1 aliphatic rings. The summed E-state index contributed by atoms with van der Waals surface area (Å²) in [6.07, 6.45) is 12.4. The molecular weight excluding hydrogens is 384 g/mol. The van der Waals surface area contributed by atoms with Gasteiger partial charge in [-0.3, -0.25) is 9.36 Å². The lowest BCUT2D eigenvalue weighted by atomic mass is 10.2. The highest BCUT2D eigenvalue weighted by Gasteiger charge is 2.25. The smallest absolute Gasteiger partial charge is 0.255 e. The maximum Gasteiger partial charge on any atom is 0.255 e. The topological polar surface area (TPSA) is 84.7 Å². The Labute approximate surface area is 174 Å². The highest BCUT2D eigenvalue weighted by molar-refractivity contribution is 7.98. The van der Waals surface area contributed by atoms with Crippen molar-refractivity contribution in [3.05, 3.63) is 65.0 Å². The van der Waals surface area contributed by atoms with Crippen LogP contribution in [0.3, 0.4) is 0 Å². The number of pyridine rings is 2. The van der Waals surface area contributed by atoms with Gasteiger partial charge in [0.25, 0.3) is 5.56 Å². The molecule has 3 aromatic heterocycles. The van der Waals surface area contributed by atoms with Crippen LogP contribution < -0.4 is 16.2 Å². The Morgan fingerprint density at radius 1 is 1.00 bits per heavy atom. The number of nitrogens with zero attached hydrogens (tertiary/aromatic N) is 4. The summed E-state index contributed by atoms with van der Waals surface area (Å²) >= 11 is 1.63. The van der Waals surface area contributed by atoms with Crippen molar-refractivity contribution in [3.8, 4) is 5.69 Å². The number of hydrogen-bond donors (Lipinski definition) is 2. The van der Waals surface area contributed by atoms with Gasteiger partial charge >= 0.3 is 0 Å². The zero-order chi connectivity index (χ0) is 20.2. The van der Waals surface area contributed by atoms with E-state index in [9.17, 15) is 4.79 Å². The van der Waals surface area contributed by atoms with E-state index < -0.39 is 0 Å². The summed E-state index contributed by atoms with van der Waals surface area (Å²) in [5.74, 6) is 1.50. The second-order valence-corrected chi connectivity index (χ2v) is 8.14. The summed E-state index contributed by atoms with van der Waals surface area (Å²) in [4.78, 5) is 26.4. The first-order valence-corrected chi connectivity index (χ1v) is 10.9. The van der Waals surface area contributed by atoms with E-state index in [2.05, 4.69) is 25.6 Å². The van der Waals surface area contributed by atoms with Crippen LogP contribution in [0.4, 0.5) is 11.8 Å². The van der Waals surface area contributed by atoms with E-state index in [4.69, 9.17) is 0 Å². The Hall–Kier alpha value is -2.87. The van der Waals surface area contributed by atoms with Crippen molar-refractivity contribution in [1.29, 1.82) is 0 Å². The van der Waals surface area contributed by atoms with Crippen LogP contribution in [0.1, 0.15) is 24.8 Å². The van der Waals surface area contributed by atoms with Crippen molar-refractivity contribution in [2.45, 2.75) is 43.2 Å². The predicted octanol–water partition coefficient (Wildman–Crippen LogP) is 3.50. The fourth-order valence-corrected chi connectivity index (χ4v) is 3.86. The van der Waals surface area contributed by atoms with Gasteiger partial charge in [0.15, 0.2) is 0 Å². The van der Waals surface area contributed by atoms with E-state index in [1.54, 1.807) is 28.6 Å². The lowest BCUT2D eigenvalue weighted by Crippen LogP contribution is -2.22. The maximum atomic E-state index is 12.1. The summed E-state index contributed by atoms with van der Waals surface area (Å²) in [5, 5.41) is 6.92. The monoisotopic (exact) mass is 408 g/mol. The summed E-state index contributed by atoms with van der Waals surface area (Å²) in [5.41, 5.74) is 1.74. The molecule has 0 unspecified atom stereocenters. The van der Waals surface area contributed by atoms with Crippen molar-refractivity contribution in [3.63, 3.8) is 0 Å². The van der Waals surface area contributed by atoms with Crippen molar-refractivity contribution < 1.29 is 0 Å². The van der Waals surface area contributed by atoms with Crippen LogP contribution in [0.15, 0.2) is 58.7 Å². The molecule has 1 aliphatic carbocycles. The van der Waals surface area contributed by atoms with Crippen molar-refractivity contribution in [1.82, 2.24) is 19.5 Å². The zero-order valence-electron chi connectivity index (χ0n) is 16.5. The first-order chi connectivity index (χ1) is 14.1. The fraction of sp³-hybridized carbons (Fsp3) is 0.333. The van der Waals surface area contributed by atoms with Crippen LogP contribution >= 0.6 is 11.8 Å². The van der Waals surface area contributed by atoms with E-state index >= 15 is 0 Å². The van der Waals surface area contributed by atoms with Gasteiger partial charge in [0.1, 0.15) is 5.82 Å². The van der Waals surface area contributed by atoms with Crippen molar-refractivity contribution in [2.75, 3.05) is 16.9 Å². The first-order valence-electron chi connectivity index (χ1n) is 9.65. The number of hydrogen-bond acceptors (Lipinski definition) is 7. The van der Waals surface area contributed by atoms with E-state index in [1.807, 2.05) is 50.0 Å². The maximum absolute atomic E-state index is 12.1. The molecule has 150 valence electrons. The Balaban J connectivity index is 1.35. The molecule has 0 aromatic carbocycles. The summed E-state index contributed by atoms with van der Waals surface area (Å²) in [7, 11) is 0. The molecule has 7 nitrogen and oxygen atoms in total. The SMILES string of the molecule is CSc1cnc(N[C@H]2CC[C@H](Nc3ccc(-n4cc(C)ccc4=O)cn3)C2)nc1. The van der Waals surface area contributed by atoms with Crippen LogP contribution in [-0.4, -0.2) is 37.9 Å². The van der Waals surface area contributed by atoms with E-state index in [0.29, 0.717) is 18.0 Å². The zero-order valence-corrected chi connectivity index (χ0v) is 17.3. The third-order valence-electron chi connectivity index (χ3n) is 5.07. The van der Waals surface area contributed by atoms with Crippen LogP contribution in [-0.2, 0) is 0 Å². The molecule has 0 spiro atoms. The molecule has 8 heteroatoms. The molecule has 3 heterocycles. The molecule has 0 bridgehead atoms. The third-order valence-corrected chi connectivity index (χ3v) is 5.75. The molecule has 1 fully saturated rings. The van der Waals surface area contributed by atoms with Gasteiger partial charge in [-0.05, 0) is 50.1 Å². The first kappa shape index (κ1) is 19.4. The molecule has 2 atom stereocenters. The lowest BCUT2D eigenvalue weighted by molar-refractivity contribution is 0.716. The van der Waals surface area contributed by atoms with Gasteiger partial charge in [0.05, 0.1) is 11.9 Å². The molecule has 0 amide bonds. The van der Waals surface area contributed by atoms with Gasteiger partial charge in [-0.25, -0.2) is 15.0 Å². The number of rotatable bonds is 6. The van der Waals surface area contributed by atoms with Gasteiger partial charge in [-0.2, -0.15) is 0 Å². The van der Waals surface area contributed by atoms with E-state index in [-0.39, 0.29) is 5.56 Å². The second-order valence-electron chi connectivity index (χ2n) is 7.26. The summed E-state index contributed by atoms with van der Waals surface area (Å²) in [6, 6.07) is 7.92. The molecule has 1 saturated carbocycles. The minimum atomic E-state index is -0.0596. The fourth-order valence-electron chi connectivity index (χ4n) is 3.54. The Morgan fingerprint density at radius 3 is 2.45 bits per heavy atom. The Bertz CT molecular complexity index is 1020. The number of aromatic nitrogens is 4. The average Bonchev–Trinajstić information content (AvgIpc) is 3.18. The second kappa shape index (κ2) is 8.65. The quantitative estimate of drug-likeness (QED) is 0.604. The molecule has 4 rings (SSSR count). The molecule has 0 aliphatic heterocycles. The molecule has 2 N–H and O–H groups in total. The molecule has 0 saturated heterocycles. The number of aryl methyl sites for hydroxylation is 1. The molecule has 0 radical (unpaired) electrons. The average molecular weight is 409 g/mol. The van der Waals surface area contributed by atoms with Crippen molar-refractivity contribution >= 4 is 23.5 Å². The number of nitrogens with one attached hydrogen (secondary N) is 2. The van der Waals surface area contributed by atoms with E-state index in [0.717, 1.165) is 41.2 Å². The molecule has 29 heavy (non-hydrogen) atoms. The minimum absolute atomic E-state index is 0.0596. The largest absolute Gasteiger partial charge is 0.367 e. The van der Waals surface area contributed by atoms with E-state index in [1.165, 1.54) is 0 Å². The van der Waals surface area contributed by atoms with Gasteiger partial charge in [0, 0.05) is 41.6 Å². The Morgan fingerprint density at radius 2 is 1.76 bits per heavy atom. The van der Waals surface area contributed by atoms with Crippen LogP contribution in [0.25, 0.3) is 5.69 Å². The van der Waals surface area contributed by atoms with Gasteiger partial charge in [0.2, 0.25) is 5.95 Å². The predicted molar refractivity (Wildman–Crippen MR) is 117 cm³/mol. The van der Waals surface area contributed by atoms with Gasteiger partial charge in [-0.15, -0.1) is 11.8 Å². The minimum Gasteiger partial charge on any atom is -0.367 e. The summed E-state index contributed by atoms with van der Waals surface area (Å²) in [6.45, 7) is 1.96. The summed E-state index contributed by atoms with van der Waals surface area (Å²) < 4.78 is 1.62. The molecule has 3 aromatic rings. The highest BCUT2D eigenvalue weighted by Crippen LogP contribution is 2.25.